The molecule has 0 bridgehead atoms. The first-order valence-corrected chi connectivity index (χ1v) is 9.99. The molecule has 2 aromatic carbocycles. The number of aliphatic hydroxyl groups excluding tert-OH is 1. The predicted molar refractivity (Wildman–Crippen MR) is 113 cm³/mol. The lowest BCUT2D eigenvalue weighted by Gasteiger charge is -2.23. The lowest BCUT2D eigenvalue weighted by Crippen LogP contribution is -2.33. The lowest BCUT2D eigenvalue weighted by atomic mass is 10.1. The Morgan fingerprint density at radius 3 is 2.83 bits per heavy atom. The van der Waals surface area contributed by atoms with Crippen molar-refractivity contribution in [1.29, 1.82) is 0 Å². The fourth-order valence-corrected chi connectivity index (χ4v) is 3.58. The van der Waals surface area contributed by atoms with Crippen molar-refractivity contribution in [3.63, 3.8) is 0 Å². The van der Waals surface area contributed by atoms with E-state index >= 15 is 0 Å². The second kappa shape index (κ2) is 8.96. The predicted octanol–water partition coefficient (Wildman–Crippen LogP) is 1.80. The van der Waals surface area contributed by atoms with E-state index in [-0.39, 0.29) is 25.0 Å². The summed E-state index contributed by atoms with van der Waals surface area (Å²) in [5.41, 5.74) is 2.61. The van der Waals surface area contributed by atoms with Gasteiger partial charge in [-0.25, -0.2) is 4.99 Å². The number of hydrogen-bond acceptors (Lipinski definition) is 6. The van der Waals surface area contributed by atoms with Crippen LogP contribution in [0.5, 0.6) is 5.75 Å². The molecule has 1 fully saturated rings. The number of fused-ring (bicyclic) bond motifs is 2. The Morgan fingerprint density at radius 2 is 2.03 bits per heavy atom. The molecule has 0 radical (unpaired) electrons. The SMILES string of the molecule is O=C1CN2Cc3cc(OCCCC(=O)N(CCO)c4ccccc4)ccc3N=C2N1. The fraction of sp³-hybridized carbons (Fsp3) is 0.318. The van der Waals surface area contributed by atoms with Crippen LogP contribution in [0, 0.1) is 0 Å². The number of aliphatic imine (C=N–C) groups is 1. The Labute approximate surface area is 174 Å². The average Bonchev–Trinajstić information content (AvgIpc) is 3.12. The smallest absolute Gasteiger partial charge is 0.246 e. The third-order valence-corrected chi connectivity index (χ3v) is 5.02. The van der Waals surface area contributed by atoms with Gasteiger partial charge < -0.3 is 19.6 Å². The minimum atomic E-state index is -0.0887. The van der Waals surface area contributed by atoms with Crippen molar-refractivity contribution in [2.75, 3.05) is 31.2 Å². The third kappa shape index (κ3) is 4.44. The van der Waals surface area contributed by atoms with E-state index in [0.29, 0.717) is 44.2 Å². The van der Waals surface area contributed by atoms with Crippen LogP contribution in [-0.2, 0) is 16.1 Å². The standard InChI is InChI=1S/C22H24N4O4/c27-11-10-26(17-5-2-1-3-6-17)21(29)7-4-12-30-18-8-9-19-16(13-18)14-25-15-20(28)24-22(25)23-19/h1-3,5-6,8-9,13,27H,4,7,10-12,14-15H2,(H,23,24,28). The summed E-state index contributed by atoms with van der Waals surface area (Å²) in [5.74, 6) is 1.23. The summed E-state index contributed by atoms with van der Waals surface area (Å²) < 4.78 is 5.83. The number of hydrogen-bond donors (Lipinski definition) is 2. The Kier molecular flexibility index (Phi) is 5.94. The van der Waals surface area contributed by atoms with Gasteiger partial charge in [0.25, 0.3) is 0 Å². The van der Waals surface area contributed by atoms with Crippen molar-refractivity contribution < 1.29 is 19.4 Å². The number of aliphatic hydroxyl groups is 1. The summed E-state index contributed by atoms with van der Waals surface area (Å²) in [7, 11) is 0. The number of amides is 2. The van der Waals surface area contributed by atoms with E-state index in [4.69, 9.17) is 4.74 Å². The maximum atomic E-state index is 12.6. The number of anilines is 1. The molecule has 8 heteroatoms. The molecule has 0 atom stereocenters. The van der Waals surface area contributed by atoms with Crippen LogP contribution in [0.3, 0.4) is 0 Å². The van der Waals surface area contributed by atoms with E-state index in [9.17, 15) is 14.7 Å². The number of benzene rings is 2. The van der Waals surface area contributed by atoms with Crippen LogP contribution in [0.4, 0.5) is 11.4 Å². The van der Waals surface area contributed by atoms with Crippen LogP contribution in [0.1, 0.15) is 18.4 Å². The van der Waals surface area contributed by atoms with Gasteiger partial charge in [0, 0.05) is 30.8 Å². The Bertz CT molecular complexity index is 961. The van der Waals surface area contributed by atoms with E-state index in [1.807, 2.05) is 53.4 Å². The van der Waals surface area contributed by atoms with Crippen molar-refractivity contribution in [2.24, 2.45) is 4.99 Å². The molecule has 2 heterocycles. The Hall–Kier alpha value is -3.39. The Balaban J connectivity index is 1.29. The van der Waals surface area contributed by atoms with Crippen LogP contribution in [0.25, 0.3) is 0 Å². The third-order valence-electron chi connectivity index (χ3n) is 5.02. The molecule has 2 aliphatic rings. The number of nitrogens with one attached hydrogen (secondary N) is 1. The van der Waals surface area contributed by atoms with Gasteiger partial charge in [-0.3, -0.25) is 14.9 Å². The molecule has 2 amide bonds. The van der Waals surface area contributed by atoms with Gasteiger partial charge in [-0.15, -0.1) is 0 Å². The number of carbonyl (C=O) groups is 2. The summed E-state index contributed by atoms with van der Waals surface area (Å²) in [6.45, 7) is 1.51. The van der Waals surface area contributed by atoms with Gasteiger partial charge in [-0.05, 0) is 36.8 Å². The van der Waals surface area contributed by atoms with Crippen LogP contribution in [0.2, 0.25) is 0 Å². The molecular formula is C22H24N4O4. The summed E-state index contributed by atoms with van der Waals surface area (Å²) in [5, 5.41) is 12.0. The largest absolute Gasteiger partial charge is 0.494 e. The molecule has 30 heavy (non-hydrogen) atoms. The average molecular weight is 408 g/mol. The highest BCUT2D eigenvalue weighted by Crippen LogP contribution is 2.30. The number of ether oxygens (including phenoxy) is 1. The molecular weight excluding hydrogens is 384 g/mol. The molecule has 2 aliphatic heterocycles. The second-order valence-electron chi connectivity index (χ2n) is 7.19. The highest BCUT2D eigenvalue weighted by Gasteiger charge is 2.29. The first-order valence-electron chi connectivity index (χ1n) is 9.99. The molecule has 2 N–H and O–H groups in total. The minimum absolute atomic E-state index is 0.0441. The van der Waals surface area contributed by atoms with Crippen molar-refractivity contribution in [1.82, 2.24) is 10.2 Å². The van der Waals surface area contributed by atoms with E-state index in [1.165, 1.54) is 0 Å². The van der Waals surface area contributed by atoms with E-state index < -0.39 is 0 Å². The van der Waals surface area contributed by atoms with Gasteiger partial charge in [0.1, 0.15) is 12.3 Å². The zero-order valence-electron chi connectivity index (χ0n) is 16.6. The fourth-order valence-electron chi connectivity index (χ4n) is 3.58. The molecule has 0 aliphatic carbocycles. The molecule has 1 saturated heterocycles. The van der Waals surface area contributed by atoms with Gasteiger partial charge in [-0.1, -0.05) is 18.2 Å². The van der Waals surface area contributed by atoms with Gasteiger partial charge in [0.05, 0.1) is 18.9 Å². The van der Waals surface area contributed by atoms with Gasteiger partial charge in [0.2, 0.25) is 17.8 Å². The molecule has 156 valence electrons. The number of nitrogens with zero attached hydrogens (tertiary/aromatic N) is 3. The van der Waals surface area contributed by atoms with E-state index in [2.05, 4.69) is 10.3 Å². The summed E-state index contributed by atoms with van der Waals surface area (Å²) in [6.07, 6.45) is 0.895. The monoisotopic (exact) mass is 408 g/mol. The molecule has 0 spiro atoms. The number of carbonyl (C=O) groups excluding carboxylic acids is 2. The van der Waals surface area contributed by atoms with E-state index in [1.54, 1.807) is 4.90 Å². The van der Waals surface area contributed by atoms with E-state index in [0.717, 1.165) is 16.9 Å². The zero-order chi connectivity index (χ0) is 20.9. The van der Waals surface area contributed by atoms with Crippen LogP contribution < -0.4 is 15.0 Å². The summed E-state index contributed by atoms with van der Waals surface area (Å²) in [4.78, 5) is 32.1. The van der Waals surface area contributed by atoms with Crippen LogP contribution in [0.15, 0.2) is 53.5 Å². The second-order valence-corrected chi connectivity index (χ2v) is 7.19. The molecule has 4 rings (SSSR count). The van der Waals surface area contributed by atoms with Crippen molar-refractivity contribution >= 4 is 29.1 Å². The molecule has 8 nitrogen and oxygen atoms in total. The normalized spacial score (nSPS) is 14.5. The topological polar surface area (TPSA) is 94.5 Å². The number of rotatable bonds is 8. The maximum absolute atomic E-state index is 12.6. The number of para-hydroxylation sites is 1. The van der Waals surface area contributed by atoms with Gasteiger partial charge in [-0.2, -0.15) is 0 Å². The zero-order valence-corrected chi connectivity index (χ0v) is 16.6. The quantitative estimate of drug-likeness (QED) is 0.650. The molecule has 0 unspecified atom stereocenters. The van der Waals surface area contributed by atoms with Crippen molar-refractivity contribution in [3.05, 3.63) is 54.1 Å². The first-order chi connectivity index (χ1) is 14.6. The van der Waals surface area contributed by atoms with Crippen LogP contribution >= 0.6 is 0 Å². The molecule has 0 saturated carbocycles. The molecule has 2 aromatic rings. The Morgan fingerprint density at radius 1 is 1.20 bits per heavy atom. The highest BCUT2D eigenvalue weighted by molar-refractivity contribution is 6.05. The minimum Gasteiger partial charge on any atom is -0.494 e. The van der Waals surface area contributed by atoms with Gasteiger partial charge in [0.15, 0.2) is 0 Å². The van der Waals surface area contributed by atoms with Gasteiger partial charge >= 0.3 is 0 Å². The van der Waals surface area contributed by atoms with Crippen LogP contribution in [-0.4, -0.2) is 54.1 Å². The van der Waals surface area contributed by atoms with Crippen molar-refractivity contribution in [3.8, 4) is 5.75 Å². The summed E-state index contributed by atoms with van der Waals surface area (Å²) >= 11 is 0. The maximum Gasteiger partial charge on any atom is 0.246 e. The molecule has 0 aromatic heterocycles. The lowest BCUT2D eigenvalue weighted by molar-refractivity contribution is -0.119. The summed E-state index contributed by atoms with van der Waals surface area (Å²) in [6, 6.07) is 15.0. The van der Waals surface area contributed by atoms with Crippen molar-refractivity contribution in [2.45, 2.75) is 19.4 Å². The number of guanidine groups is 1. The first kappa shape index (κ1) is 19.9. The highest BCUT2D eigenvalue weighted by atomic mass is 16.5.